The summed E-state index contributed by atoms with van der Waals surface area (Å²) in [5.74, 6) is 1.65. The molecule has 3 aromatic rings. The zero-order valence-electron chi connectivity index (χ0n) is 14.0. The first-order valence-corrected chi connectivity index (χ1v) is 8.19. The van der Waals surface area contributed by atoms with Gasteiger partial charge >= 0.3 is 5.69 Å². The highest BCUT2D eigenvalue weighted by Crippen LogP contribution is 2.16. The predicted octanol–water partition coefficient (Wildman–Crippen LogP) is 1.45. The summed E-state index contributed by atoms with van der Waals surface area (Å²) in [6.07, 6.45) is 3.33. The quantitative estimate of drug-likeness (QED) is 0.721. The van der Waals surface area contributed by atoms with Crippen molar-refractivity contribution in [1.29, 1.82) is 0 Å². The van der Waals surface area contributed by atoms with Gasteiger partial charge in [0.25, 0.3) is 0 Å². The number of pyridine rings is 1. The molecule has 0 radical (unpaired) electrons. The number of rotatable bonds is 4. The summed E-state index contributed by atoms with van der Waals surface area (Å²) in [6, 6.07) is 11.6. The van der Waals surface area contributed by atoms with E-state index in [4.69, 9.17) is 4.74 Å². The molecular formula is C18H19N5O2. The van der Waals surface area contributed by atoms with Crippen molar-refractivity contribution >= 4 is 0 Å². The minimum atomic E-state index is -0.0923. The molecule has 0 bridgehead atoms. The van der Waals surface area contributed by atoms with Gasteiger partial charge in [0, 0.05) is 32.0 Å². The Morgan fingerprint density at radius 2 is 1.84 bits per heavy atom. The number of hydrogen-bond donors (Lipinski definition) is 0. The minimum absolute atomic E-state index is 0.0923. The zero-order valence-corrected chi connectivity index (χ0v) is 14.0. The van der Waals surface area contributed by atoms with E-state index in [0.717, 1.165) is 30.4 Å². The van der Waals surface area contributed by atoms with Crippen molar-refractivity contribution in [2.24, 2.45) is 0 Å². The predicted molar refractivity (Wildman–Crippen MR) is 92.7 cm³/mol. The van der Waals surface area contributed by atoms with Crippen LogP contribution in [0.1, 0.15) is 11.4 Å². The van der Waals surface area contributed by atoms with Crippen LogP contribution in [-0.2, 0) is 19.6 Å². The molecule has 3 heterocycles. The van der Waals surface area contributed by atoms with Crippen LogP contribution in [-0.4, -0.2) is 37.9 Å². The molecule has 128 valence electrons. The van der Waals surface area contributed by atoms with Gasteiger partial charge in [0.05, 0.1) is 19.3 Å². The summed E-state index contributed by atoms with van der Waals surface area (Å²) < 4.78 is 8.40. The molecule has 1 aliphatic rings. The summed E-state index contributed by atoms with van der Waals surface area (Å²) in [7, 11) is 1.66. The lowest BCUT2D eigenvalue weighted by Crippen LogP contribution is -2.37. The Balaban J connectivity index is 1.54. The van der Waals surface area contributed by atoms with Crippen molar-refractivity contribution in [3.8, 4) is 11.4 Å². The highest BCUT2D eigenvalue weighted by Gasteiger charge is 2.22. The molecule has 7 nitrogen and oxygen atoms in total. The summed E-state index contributed by atoms with van der Waals surface area (Å²) in [5.41, 5.74) is 1.86. The van der Waals surface area contributed by atoms with E-state index in [-0.39, 0.29) is 5.69 Å². The fraction of sp³-hybridized carbons (Fsp3) is 0.278. The Bertz CT molecular complexity index is 915. The van der Waals surface area contributed by atoms with Crippen molar-refractivity contribution in [3.05, 3.63) is 70.7 Å². The summed E-state index contributed by atoms with van der Waals surface area (Å²) in [4.78, 5) is 18.8. The third kappa shape index (κ3) is 3.06. The monoisotopic (exact) mass is 337 g/mol. The Labute approximate surface area is 145 Å². The normalized spacial score (nSPS) is 14.3. The van der Waals surface area contributed by atoms with Gasteiger partial charge in [-0.1, -0.05) is 12.1 Å². The van der Waals surface area contributed by atoms with Crippen LogP contribution in [0.15, 0.2) is 53.6 Å². The number of aromatic nitrogens is 4. The lowest BCUT2D eigenvalue weighted by molar-refractivity contribution is 0.207. The molecule has 0 saturated carbocycles. The van der Waals surface area contributed by atoms with Gasteiger partial charge in [0.1, 0.15) is 11.6 Å². The first kappa shape index (κ1) is 15.6. The van der Waals surface area contributed by atoms with Gasteiger partial charge < -0.3 is 4.74 Å². The van der Waals surface area contributed by atoms with E-state index in [1.807, 2.05) is 12.1 Å². The number of hydrogen-bond acceptors (Lipinski definition) is 5. The van der Waals surface area contributed by atoms with Crippen LogP contribution >= 0.6 is 0 Å². The molecule has 1 aromatic carbocycles. The molecule has 2 aromatic heterocycles. The SMILES string of the molecule is COc1ccc(CN2CCn3c(nn(-c4ccncc4)c3=O)C2)cc1. The lowest BCUT2D eigenvalue weighted by atomic mass is 10.2. The number of benzene rings is 1. The average molecular weight is 337 g/mol. The molecule has 0 atom stereocenters. The second kappa shape index (κ2) is 6.52. The van der Waals surface area contributed by atoms with Gasteiger partial charge in [0.2, 0.25) is 0 Å². The van der Waals surface area contributed by atoms with Gasteiger partial charge in [-0.3, -0.25) is 14.5 Å². The Hall–Kier alpha value is -2.93. The fourth-order valence-corrected chi connectivity index (χ4v) is 3.08. The van der Waals surface area contributed by atoms with Crippen LogP contribution in [0, 0.1) is 0 Å². The van der Waals surface area contributed by atoms with E-state index in [9.17, 15) is 4.79 Å². The molecule has 4 rings (SSSR count). The number of ether oxygens (including phenoxy) is 1. The van der Waals surface area contributed by atoms with Crippen molar-refractivity contribution in [3.63, 3.8) is 0 Å². The number of fused-ring (bicyclic) bond motifs is 1. The average Bonchev–Trinajstić information content (AvgIpc) is 2.99. The highest BCUT2D eigenvalue weighted by atomic mass is 16.5. The fourth-order valence-electron chi connectivity index (χ4n) is 3.08. The van der Waals surface area contributed by atoms with Gasteiger partial charge in [-0.25, -0.2) is 4.79 Å². The Kier molecular flexibility index (Phi) is 4.07. The van der Waals surface area contributed by atoms with E-state index in [2.05, 4.69) is 27.1 Å². The summed E-state index contributed by atoms with van der Waals surface area (Å²) in [5, 5.41) is 4.52. The molecule has 25 heavy (non-hydrogen) atoms. The van der Waals surface area contributed by atoms with E-state index in [0.29, 0.717) is 13.1 Å². The van der Waals surface area contributed by atoms with Crippen LogP contribution in [0.25, 0.3) is 5.69 Å². The zero-order chi connectivity index (χ0) is 17.2. The van der Waals surface area contributed by atoms with E-state index in [1.54, 1.807) is 36.2 Å². The molecule has 0 aliphatic carbocycles. The van der Waals surface area contributed by atoms with Gasteiger partial charge in [-0.2, -0.15) is 4.68 Å². The maximum atomic E-state index is 12.6. The molecular weight excluding hydrogens is 318 g/mol. The van der Waals surface area contributed by atoms with Gasteiger partial charge in [-0.05, 0) is 29.8 Å². The highest BCUT2D eigenvalue weighted by molar-refractivity contribution is 5.28. The Morgan fingerprint density at radius 1 is 1.08 bits per heavy atom. The second-order valence-electron chi connectivity index (χ2n) is 6.03. The Morgan fingerprint density at radius 3 is 2.56 bits per heavy atom. The van der Waals surface area contributed by atoms with Crippen molar-refractivity contribution < 1.29 is 4.74 Å². The first-order chi connectivity index (χ1) is 12.2. The summed E-state index contributed by atoms with van der Waals surface area (Å²) >= 11 is 0. The lowest BCUT2D eigenvalue weighted by Gasteiger charge is -2.26. The third-order valence-corrected chi connectivity index (χ3v) is 4.42. The van der Waals surface area contributed by atoms with Crippen molar-refractivity contribution in [1.82, 2.24) is 24.2 Å². The standard InChI is InChI=1S/C18H19N5O2/c1-25-16-4-2-14(3-5-16)12-21-10-11-22-17(13-21)20-23(18(22)24)15-6-8-19-9-7-15/h2-9H,10-13H2,1H3. The summed E-state index contributed by atoms with van der Waals surface area (Å²) in [6.45, 7) is 2.94. The molecule has 7 heteroatoms. The molecule has 0 saturated heterocycles. The van der Waals surface area contributed by atoms with Gasteiger partial charge in [-0.15, -0.1) is 5.10 Å². The number of nitrogens with zero attached hydrogens (tertiary/aromatic N) is 5. The van der Waals surface area contributed by atoms with Crippen LogP contribution in [0.5, 0.6) is 5.75 Å². The molecule has 0 unspecified atom stereocenters. The van der Waals surface area contributed by atoms with Crippen LogP contribution in [0.3, 0.4) is 0 Å². The van der Waals surface area contributed by atoms with E-state index >= 15 is 0 Å². The molecule has 0 spiro atoms. The largest absolute Gasteiger partial charge is 0.497 e. The number of methoxy groups -OCH3 is 1. The van der Waals surface area contributed by atoms with E-state index in [1.165, 1.54) is 10.2 Å². The maximum Gasteiger partial charge on any atom is 0.350 e. The van der Waals surface area contributed by atoms with Crippen LogP contribution < -0.4 is 10.4 Å². The van der Waals surface area contributed by atoms with Crippen molar-refractivity contribution in [2.45, 2.75) is 19.6 Å². The van der Waals surface area contributed by atoms with E-state index < -0.39 is 0 Å². The molecule has 0 N–H and O–H groups in total. The van der Waals surface area contributed by atoms with Crippen LogP contribution in [0.2, 0.25) is 0 Å². The topological polar surface area (TPSA) is 65.2 Å². The second-order valence-corrected chi connectivity index (χ2v) is 6.03. The molecule has 1 aliphatic heterocycles. The maximum absolute atomic E-state index is 12.6. The minimum Gasteiger partial charge on any atom is -0.497 e. The van der Waals surface area contributed by atoms with Gasteiger partial charge in [0.15, 0.2) is 0 Å². The third-order valence-electron chi connectivity index (χ3n) is 4.42. The first-order valence-electron chi connectivity index (χ1n) is 8.19. The molecule has 0 amide bonds. The van der Waals surface area contributed by atoms with Crippen LogP contribution in [0.4, 0.5) is 0 Å². The molecule has 0 fully saturated rings. The van der Waals surface area contributed by atoms with Crippen molar-refractivity contribution in [2.75, 3.05) is 13.7 Å². The smallest absolute Gasteiger partial charge is 0.350 e.